The van der Waals surface area contributed by atoms with Crippen molar-refractivity contribution >= 4 is 15.6 Å². The summed E-state index contributed by atoms with van der Waals surface area (Å²) in [6, 6.07) is 36.4. The van der Waals surface area contributed by atoms with Crippen LogP contribution in [-0.2, 0) is 67.4 Å². The Hall–Kier alpha value is -3.02. The third-order valence-corrected chi connectivity index (χ3v) is 9.90. The van der Waals surface area contributed by atoms with Crippen molar-refractivity contribution in [1.29, 1.82) is 0 Å². The van der Waals surface area contributed by atoms with Crippen LogP contribution in [-0.4, -0.2) is 47.8 Å². The predicted octanol–water partition coefficient (Wildman–Crippen LogP) is 6.59. The molecule has 0 spiro atoms. The molecule has 11 nitrogen and oxygen atoms in total. The second kappa shape index (κ2) is 17.4. The maximum Gasteiger partial charge on any atom is 0.475 e. The molecule has 1 aliphatic rings. The van der Waals surface area contributed by atoms with Crippen LogP contribution in [0.2, 0.25) is 0 Å². The largest absolute Gasteiger partial charge is 0.475 e. The fourth-order valence-corrected chi connectivity index (χ4v) is 6.90. The SMILES string of the molecule is O=P(OCc1ccccc1)(OCc1ccccc1)OCC1OC(COP(=O)(OCc2ccccc2)OCc2ccccc2)C(O)C1O. The summed E-state index contributed by atoms with van der Waals surface area (Å²) in [5, 5.41) is 21.5. The van der Waals surface area contributed by atoms with Gasteiger partial charge in [0.15, 0.2) is 0 Å². The molecular formula is C34H38O11P2. The summed E-state index contributed by atoms with van der Waals surface area (Å²) >= 11 is 0. The van der Waals surface area contributed by atoms with Gasteiger partial charge in [-0.1, -0.05) is 121 Å². The lowest BCUT2D eigenvalue weighted by atomic mass is 10.1. The van der Waals surface area contributed by atoms with E-state index in [4.69, 9.17) is 31.9 Å². The summed E-state index contributed by atoms with van der Waals surface area (Å²) in [5.41, 5.74) is 2.99. The van der Waals surface area contributed by atoms with Crippen molar-refractivity contribution in [2.75, 3.05) is 13.2 Å². The Balaban J connectivity index is 1.20. The lowest BCUT2D eigenvalue weighted by Gasteiger charge is -2.22. The van der Waals surface area contributed by atoms with E-state index < -0.39 is 53.3 Å². The van der Waals surface area contributed by atoms with E-state index in [1.54, 1.807) is 48.5 Å². The van der Waals surface area contributed by atoms with E-state index in [-0.39, 0.29) is 26.4 Å². The first-order chi connectivity index (χ1) is 22.8. The van der Waals surface area contributed by atoms with E-state index in [9.17, 15) is 19.3 Å². The molecular weight excluding hydrogens is 646 g/mol. The lowest BCUT2D eigenvalue weighted by Crippen LogP contribution is -2.35. The number of aliphatic hydroxyl groups excluding tert-OH is 2. The Labute approximate surface area is 274 Å². The molecule has 1 saturated heterocycles. The summed E-state index contributed by atoms with van der Waals surface area (Å²) in [7, 11) is -8.35. The zero-order valence-corrected chi connectivity index (χ0v) is 27.4. The van der Waals surface area contributed by atoms with Gasteiger partial charge in [0.1, 0.15) is 24.4 Å². The minimum absolute atomic E-state index is 0.0542. The van der Waals surface area contributed by atoms with Crippen LogP contribution in [0.25, 0.3) is 0 Å². The highest BCUT2D eigenvalue weighted by Crippen LogP contribution is 2.53. The van der Waals surface area contributed by atoms with E-state index in [2.05, 4.69) is 0 Å². The van der Waals surface area contributed by atoms with Crippen LogP contribution in [0.15, 0.2) is 121 Å². The molecule has 0 aliphatic carbocycles. The molecule has 250 valence electrons. The molecule has 4 aromatic carbocycles. The van der Waals surface area contributed by atoms with E-state index in [1.165, 1.54) is 0 Å². The van der Waals surface area contributed by atoms with Gasteiger partial charge in [-0.05, 0) is 22.3 Å². The van der Waals surface area contributed by atoms with Crippen LogP contribution in [0.3, 0.4) is 0 Å². The third-order valence-electron chi connectivity index (χ3n) is 7.18. The molecule has 1 aliphatic heterocycles. The Morgan fingerprint density at radius 2 is 0.702 bits per heavy atom. The molecule has 1 fully saturated rings. The van der Waals surface area contributed by atoms with Crippen molar-refractivity contribution in [2.24, 2.45) is 0 Å². The van der Waals surface area contributed by atoms with Gasteiger partial charge < -0.3 is 14.9 Å². The summed E-state index contributed by atoms with van der Waals surface area (Å²) < 4.78 is 66.9. The molecule has 0 radical (unpaired) electrons. The van der Waals surface area contributed by atoms with Crippen molar-refractivity contribution < 1.29 is 51.2 Å². The monoisotopic (exact) mass is 684 g/mol. The summed E-state index contributed by atoms with van der Waals surface area (Å²) in [4.78, 5) is 0. The first-order valence-corrected chi connectivity index (χ1v) is 18.0. The van der Waals surface area contributed by atoms with E-state index in [0.717, 1.165) is 22.3 Å². The topological polar surface area (TPSA) is 139 Å². The smallest absolute Gasteiger partial charge is 0.388 e. The van der Waals surface area contributed by atoms with E-state index >= 15 is 0 Å². The van der Waals surface area contributed by atoms with Crippen LogP contribution >= 0.6 is 15.6 Å². The summed E-state index contributed by atoms with van der Waals surface area (Å²) in [5.74, 6) is 0. The first-order valence-electron chi connectivity index (χ1n) is 15.1. The van der Waals surface area contributed by atoms with E-state index in [0.29, 0.717) is 0 Å². The average molecular weight is 685 g/mol. The number of hydrogen-bond donors (Lipinski definition) is 2. The van der Waals surface area contributed by atoms with Gasteiger partial charge in [-0.15, -0.1) is 0 Å². The normalized spacial score (nSPS) is 20.0. The van der Waals surface area contributed by atoms with Crippen molar-refractivity contribution in [2.45, 2.75) is 50.8 Å². The average Bonchev–Trinajstić information content (AvgIpc) is 3.40. The van der Waals surface area contributed by atoms with Crippen molar-refractivity contribution in [1.82, 2.24) is 0 Å². The van der Waals surface area contributed by atoms with Gasteiger partial charge in [0.2, 0.25) is 0 Å². The fraction of sp³-hybridized carbons (Fsp3) is 0.294. The minimum Gasteiger partial charge on any atom is -0.388 e. The minimum atomic E-state index is -4.18. The Kier molecular flexibility index (Phi) is 13.1. The van der Waals surface area contributed by atoms with E-state index in [1.807, 2.05) is 72.8 Å². The number of phosphoric acid groups is 2. The van der Waals surface area contributed by atoms with Crippen LogP contribution in [0.4, 0.5) is 0 Å². The molecule has 4 atom stereocenters. The Morgan fingerprint density at radius 3 is 0.957 bits per heavy atom. The highest BCUT2D eigenvalue weighted by Gasteiger charge is 2.45. The molecule has 0 amide bonds. The highest BCUT2D eigenvalue weighted by atomic mass is 31.2. The Morgan fingerprint density at radius 1 is 0.447 bits per heavy atom. The standard InChI is InChI=1S/C34H38O11P2/c35-33-31(25-43-46(37,39-21-27-13-5-1-6-14-27)40-22-28-15-7-2-8-16-28)45-32(34(33)36)26-44-47(38,41-23-29-17-9-3-10-18-29)42-24-30-19-11-4-12-20-30/h1-20,31-36H,21-26H2. The molecule has 4 unspecified atom stereocenters. The van der Waals surface area contributed by atoms with Crippen molar-refractivity contribution in [3.05, 3.63) is 144 Å². The molecule has 2 N–H and O–H groups in total. The van der Waals surface area contributed by atoms with Gasteiger partial charge >= 0.3 is 15.6 Å². The number of ether oxygens (including phenoxy) is 1. The molecule has 13 heteroatoms. The Bertz CT molecular complexity index is 1370. The summed E-state index contributed by atoms with van der Waals surface area (Å²) in [6.07, 6.45) is -5.17. The zero-order valence-electron chi connectivity index (χ0n) is 25.6. The van der Waals surface area contributed by atoms with Gasteiger partial charge in [-0.2, -0.15) is 0 Å². The molecule has 1 heterocycles. The summed E-state index contributed by atoms with van der Waals surface area (Å²) in [6.45, 7) is -1.10. The highest BCUT2D eigenvalue weighted by molar-refractivity contribution is 7.48. The second-order valence-corrected chi connectivity index (χ2v) is 14.1. The number of rotatable bonds is 18. The van der Waals surface area contributed by atoms with Crippen LogP contribution in [0.5, 0.6) is 0 Å². The molecule has 0 saturated carbocycles. The molecule has 0 aromatic heterocycles. The molecule has 47 heavy (non-hydrogen) atoms. The van der Waals surface area contributed by atoms with Crippen LogP contribution in [0, 0.1) is 0 Å². The number of hydrogen-bond acceptors (Lipinski definition) is 11. The molecule has 4 aromatic rings. The predicted molar refractivity (Wildman–Crippen MR) is 173 cm³/mol. The third kappa shape index (κ3) is 11.0. The fourth-order valence-electron chi connectivity index (χ4n) is 4.57. The van der Waals surface area contributed by atoms with Gasteiger partial charge in [-0.3, -0.25) is 27.1 Å². The lowest BCUT2D eigenvalue weighted by molar-refractivity contribution is -0.0446. The van der Waals surface area contributed by atoms with Gasteiger partial charge in [0, 0.05) is 0 Å². The maximum atomic E-state index is 13.7. The van der Waals surface area contributed by atoms with Gasteiger partial charge in [0.25, 0.3) is 0 Å². The number of benzene rings is 4. The second-order valence-electron chi connectivity index (χ2n) is 10.7. The molecule has 0 bridgehead atoms. The number of phosphoric ester groups is 2. The maximum absolute atomic E-state index is 13.7. The quantitative estimate of drug-likeness (QED) is 0.110. The van der Waals surface area contributed by atoms with Crippen LogP contribution in [0.1, 0.15) is 22.3 Å². The van der Waals surface area contributed by atoms with Crippen molar-refractivity contribution in [3.63, 3.8) is 0 Å². The zero-order chi connectivity index (χ0) is 33.0. The molecule has 5 rings (SSSR count). The van der Waals surface area contributed by atoms with Crippen LogP contribution < -0.4 is 0 Å². The first kappa shape index (κ1) is 35.3. The number of aliphatic hydroxyl groups is 2. The van der Waals surface area contributed by atoms with Gasteiger partial charge in [-0.25, -0.2) is 9.13 Å². The van der Waals surface area contributed by atoms with Crippen molar-refractivity contribution in [3.8, 4) is 0 Å². The van der Waals surface area contributed by atoms with Gasteiger partial charge in [0.05, 0.1) is 39.6 Å².